The molecule has 1 aromatic carbocycles. The van der Waals surface area contributed by atoms with E-state index < -0.39 is 0 Å². The Morgan fingerprint density at radius 3 is 2.65 bits per heavy atom. The second kappa shape index (κ2) is 8.13. The smallest absolute Gasteiger partial charge is 0.252 e. The van der Waals surface area contributed by atoms with Gasteiger partial charge >= 0.3 is 0 Å². The quantitative estimate of drug-likeness (QED) is 0.867. The van der Waals surface area contributed by atoms with Crippen LogP contribution in [0, 0.1) is 6.92 Å². The number of benzene rings is 1. The van der Waals surface area contributed by atoms with Gasteiger partial charge in [0, 0.05) is 24.9 Å². The van der Waals surface area contributed by atoms with Gasteiger partial charge in [0.25, 0.3) is 5.91 Å². The Hall–Kier alpha value is -1.85. The molecule has 0 fully saturated rings. The summed E-state index contributed by atoms with van der Waals surface area (Å²) in [7, 11) is 1.78. The zero-order valence-corrected chi connectivity index (χ0v) is 14.7. The van der Waals surface area contributed by atoms with Gasteiger partial charge in [-0.3, -0.25) is 9.59 Å². The summed E-state index contributed by atoms with van der Waals surface area (Å²) in [6, 6.07) is 8.89. The van der Waals surface area contributed by atoms with E-state index in [0.717, 1.165) is 0 Å². The number of hydrogen-bond acceptors (Lipinski definition) is 3. The molecule has 0 atom stereocenters. The fourth-order valence-corrected chi connectivity index (χ4v) is 3.26. The number of nitrogens with one attached hydrogen (secondary N) is 1. The van der Waals surface area contributed by atoms with Crippen molar-refractivity contribution in [3.05, 3.63) is 56.7 Å². The standard InChI is InChI=1S/C17H19ClN2O2S/c1-12-8-10-23-15(12)11-20(2)16(21)7-9-19-17(22)13-5-3-4-6-14(13)18/h3-6,8,10H,7,9,11H2,1-2H3,(H,19,22). The van der Waals surface area contributed by atoms with Crippen molar-refractivity contribution in [3.8, 4) is 0 Å². The van der Waals surface area contributed by atoms with Crippen LogP contribution in [0.1, 0.15) is 27.2 Å². The molecule has 0 bridgehead atoms. The maximum Gasteiger partial charge on any atom is 0.252 e. The second-order valence-electron chi connectivity index (χ2n) is 5.26. The number of rotatable bonds is 6. The van der Waals surface area contributed by atoms with Gasteiger partial charge in [0.2, 0.25) is 5.91 Å². The Bertz CT molecular complexity index is 699. The molecule has 0 radical (unpaired) electrons. The highest BCUT2D eigenvalue weighted by Crippen LogP contribution is 2.17. The topological polar surface area (TPSA) is 49.4 Å². The minimum Gasteiger partial charge on any atom is -0.351 e. The first-order valence-electron chi connectivity index (χ1n) is 7.28. The Kier molecular flexibility index (Phi) is 6.19. The van der Waals surface area contributed by atoms with Gasteiger partial charge in [0.05, 0.1) is 17.1 Å². The molecule has 0 spiro atoms. The number of carbonyl (C=O) groups excluding carboxylic acids is 2. The molecule has 2 rings (SSSR count). The lowest BCUT2D eigenvalue weighted by atomic mass is 10.2. The molecule has 122 valence electrons. The lowest BCUT2D eigenvalue weighted by Gasteiger charge is -2.17. The Balaban J connectivity index is 1.79. The summed E-state index contributed by atoms with van der Waals surface area (Å²) in [4.78, 5) is 27.0. The van der Waals surface area contributed by atoms with E-state index in [4.69, 9.17) is 11.6 Å². The molecule has 2 amide bonds. The number of thiophene rings is 1. The second-order valence-corrected chi connectivity index (χ2v) is 6.67. The van der Waals surface area contributed by atoms with Crippen LogP contribution in [0.4, 0.5) is 0 Å². The lowest BCUT2D eigenvalue weighted by Crippen LogP contribution is -2.31. The molecule has 6 heteroatoms. The van der Waals surface area contributed by atoms with Gasteiger partial charge in [-0.15, -0.1) is 11.3 Å². The summed E-state index contributed by atoms with van der Waals surface area (Å²) in [5, 5.41) is 5.15. The summed E-state index contributed by atoms with van der Waals surface area (Å²) in [6.07, 6.45) is 0.261. The van der Waals surface area contributed by atoms with E-state index in [1.807, 2.05) is 18.4 Å². The Morgan fingerprint density at radius 1 is 1.26 bits per heavy atom. The van der Waals surface area contributed by atoms with Crippen LogP contribution in [0.3, 0.4) is 0 Å². The van der Waals surface area contributed by atoms with Crippen molar-refractivity contribution < 1.29 is 9.59 Å². The molecular formula is C17H19ClN2O2S. The van der Waals surface area contributed by atoms with Gasteiger partial charge in [-0.05, 0) is 36.1 Å². The predicted octanol–water partition coefficient (Wildman–Crippen LogP) is 3.49. The molecule has 0 aliphatic carbocycles. The van der Waals surface area contributed by atoms with Crippen LogP contribution in [0.2, 0.25) is 5.02 Å². The highest BCUT2D eigenvalue weighted by Gasteiger charge is 2.13. The molecule has 0 saturated carbocycles. The number of aryl methyl sites for hydroxylation is 1. The molecular weight excluding hydrogens is 332 g/mol. The van der Waals surface area contributed by atoms with Crippen molar-refractivity contribution in [2.24, 2.45) is 0 Å². The molecule has 0 unspecified atom stereocenters. The Labute approximate surface area is 145 Å². The van der Waals surface area contributed by atoms with E-state index in [2.05, 4.69) is 5.32 Å². The first kappa shape index (κ1) is 17.5. The molecule has 4 nitrogen and oxygen atoms in total. The fourth-order valence-electron chi connectivity index (χ4n) is 2.08. The molecule has 2 aromatic rings. The maximum atomic E-state index is 12.1. The summed E-state index contributed by atoms with van der Waals surface area (Å²) in [5.41, 5.74) is 1.62. The predicted molar refractivity (Wildman–Crippen MR) is 93.9 cm³/mol. The number of halogens is 1. The van der Waals surface area contributed by atoms with Gasteiger partial charge in [-0.1, -0.05) is 23.7 Å². The molecule has 0 saturated heterocycles. The van der Waals surface area contributed by atoms with E-state index in [1.54, 1.807) is 47.5 Å². The molecule has 23 heavy (non-hydrogen) atoms. The fraction of sp³-hybridized carbons (Fsp3) is 0.294. The highest BCUT2D eigenvalue weighted by atomic mass is 35.5. The summed E-state index contributed by atoms with van der Waals surface area (Å²) in [6.45, 7) is 2.92. The number of amides is 2. The molecule has 0 aliphatic rings. The van der Waals surface area contributed by atoms with Gasteiger partial charge in [0.15, 0.2) is 0 Å². The van der Waals surface area contributed by atoms with Crippen LogP contribution in [0.15, 0.2) is 35.7 Å². The van der Waals surface area contributed by atoms with Gasteiger partial charge < -0.3 is 10.2 Å². The average molecular weight is 351 g/mol. The SMILES string of the molecule is Cc1ccsc1CN(C)C(=O)CCNC(=O)c1ccccc1Cl. The minimum absolute atomic E-state index is 0.00254. The highest BCUT2D eigenvalue weighted by molar-refractivity contribution is 7.10. The number of hydrogen-bond donors (Lipinski definition) is 1. The molecule has 1 N–H and O–H groups in total. The maximum absolute atomic E-state index is 12.1. The molecule has 1 heterocycles. The third-order valence-corrected chi connectivity index (χ3v) is 4.85. The third-order valence-electron chi connectivity index (χ3n) is 3.52. The van der Waals surface area contributed by atoms with Crippen LogP contribution >= 0.6 is 22.9 Å². The largest absolute Gasteiger partial charge is 0.351 e. The van der Waals surface area contributed by atoms with Crippen LogP contribution in [0.25, 0.3) is 0 Å². The van der Waals surface area contributed by atoms with Crippen LogP contribution in [-0.4, -0.2) is 30.3 Å². The number of carbonyl (C=O) groups is 2. The van der Waals surface area contributed by atoms with E-state index in [9.17, 15) is 9.59 Å². The van der Waals surface area contributed by atoms with Crippen LogP contribution in [-0.2, 0) is 11.3 Å². The first-order valence-corrected chi connectivity index (χ1v) is 8.54. The summed E-state index contributed by atoms with van der Waals surface area (Å²) < 4.78 is 0. The van der Waals surface area contributed by atoms with Gasteiger partial charge in [-0.2, -0.15) is 0 Å². The zero-order valence-electron chi connectivity index (χ0n) is 13.1. The normalized spacial score (nSPS) is 10.4. The van der Waals surface area contributed by atoms with E-state index in [-0.39, 0.29) is 24.8 Å². The van der Waals surface area contributed by atoms with Gasteiger partial charge in [0.1, 0.15) is 0 Å². The first-order chi connectivity index (χ1) is 11.0. The van der Waals surface area contributed by atoms with Crippen molar-refractivity contribution in [2.45, 2.75) is 19.9 Å². The van der Waals surface area contributed by atoms with Crippen molar-refractivity contribution in [1.82, 2.24) is 10.2 Å². The summed E-state index contributed by atoms with van der Waals surface area (Å²) in [5.74, 6) is -0.266. The van der Waals surface area contributed by atoms with E-state index in [0.29, 0.717) is 17.1 Å². The molecule has 1 aromatic heterocycles. The van der Waals surface area contributed by atoms with Crippen LogP contribution in [0.5, 0.6) is 0 Å². The monoisotopic (exact) mass is 350 g/mol. The third kappa shape index (κ3) is 4.81. The van der Waals surface area contributed by atoms with Crippen molar-refractivity contribution in [3.63, 3.8) is 0 Å². The van der Waals surface area contributed by atoms with Crippen molar-refractivity contribution in [2.75, 3.05) is 13.6 Å². The minimum atomic E-state index is -0.264. The van der Waals surface area contributed by atoms with Crippen LogP contribution < -0.4 is 5.32 Å². The van der Waals surface area contributed by atoms with E-state index >= 15 is 0 Å². The number of nitrogens with zero attached hydrogens (tertiary/aromatic N) is 1. The lowest BCUT2D eigenvalue weighted by molar-refractivity contribution is -0.130. The Morgan fingerprint density at radius 2 is 2.00 bits per heavy atom. The summed E-state index contributed by atoms with van der Waals surface area (Å²) >= 11 is 7.62. The van der Waals surface area contributed by atoms with E-state index in [1.165, 1.54) is 10.4 Å². The average Bonchev–Trinajstić information content (AvgIpc) is 2.92. The van der Waals surface area contributed by atoms with Crippen molar-refractivity contribution in [1.29, 1.82) is 0 Å². The van der Waals surface area contributed by atoms with Crippen molar-refractivity contribution >= 4 is 34.8 Å². The zero-order chi connectivity index (χ0) is 16.8. The van der Waals surface area contributed by atoms with Gasteiger partial charge in [-0.25, -0.2) is 0 Å². The molecule has 0 aliphatic heterocycles.